The van der Waals surface area contributed by atoms with Crippen LogP contribution in [-0.2, 0) is 27.3 Å². The van der Waals surface area contributed by atoms with Gasteiger partial charge in [0.2, 0.25) is 0 Å². The van der Waals surface area contributed by atoms with Crippen LogP contribution in [0.25, 0.3) is 0 Å². The van der Waals surface area contributed by atoms with Crippen molar-refractivity contribution >= 4 is 17.9 Å². The van der Waals surface area contributed by atoms with Crippen LogP contribution in [0.5, 0.6) is 0 Å². The van der Waals surface area contributed by atoms with Crippen molar-refractivity contribution in [3.63, 3.8) is 0 Å². The first-order valence-electron chi connectivity index (χ1n) is 4.16. The maximum atomic E-state index is 10.6. The fraction of sp³-hybridized carbons (Fsp3) is 0. The zero-order valence-corrected chi connectivity index (χ0v) is 13.3. The molecule has 0 saturated carbocycles. The van der Waals surface area contributed by atoms with E-state index >= 15 is 0 Å². The first kappa shape index (κ1) is 18.8. The monoisotopic (exact) mass is 356 g/mol. The van der Waals surface area contributed by atoms with Crippen LogP contribution in [0, 0.1) is 0 Å². The van der Waals surface area contributed by atoms with Gasteiger partial charge in [0.05, 0.1) is 17.1 Å². The Bertz CT molecular complexity index is 462. The van der Waals surface area contributed by atoms with E-state index in [4.69, 9.17) is 10.2 Å². The largest absolute Gasteiger partial charge is 0.545 e. The molecule has 0 radical (unpaired) electrons. The summed E-state index contributed by atoms with van der Waals surface area (Å²) in [6.45, 7) is 0. The summed E-state index contributed by atoms with van der Waals surface area (Å²) in [6, 6.07) is 2.66. The number of carbonyl (C=O) groups excluding carboxylic acids is 1. The summed E-state index contributed by atoms with van der Waals surface area (Å²) in [5.41, 5.74) is -1.44. The van der Waals surface area contributed by atoms with Crippen LogP contribution in [-0.4, -0.2) is 28.1 Å². The van der Waals surface area contributed by atoms with Crippen LogP contribution in [0.4, 0.5) is 0 Å². The first-order valence-corrected chi connectivity index (χ1v) is 4.16. The standard InChI is InChI=1S/C9H6O6.Cd.H4N2/c10-7(11)4-1-2-5(8(12)13)6(3-4)9(14)15;;1-2/h1-3H,(H,10,11)(H,12,13)(H,14,15);;1-2H2. The number of quaternary nitrogens is 1. The van der Waals surface area contributed by atoms with Crippen molar-refractivity contribution in [2.75, 3.05) is 0 Å². The van der Waals surface area contributed by atoms with Crippen LogP contribution < -0.4 is 16.8 Å². The van der Waals surface area contributed by atoms with Gasteiger partial charge in [-0.3, -0.25) is 5.84 Å². The van der Waals surface area contributed by atoms with Crippen LogP contribution in [0.15, 0.2) is 18.2 Å². The SMILES string of the molecule is N[NH3+].O=C(O)c1ccc(C(=O)[O-])c(C(=O)O)c1.[Cd]. The minimum atomic E-state index is -1.66. The van der Waals surface area contributed by atoms with Crippen molar-refractivity contribution in [3.05, 3.63) is 34.9 Å². The van der Waals surface area contributed by atoms with Crippen molar-refractivity contribution in [2.24, 2.45) is 5.84 Å². The van der Waals surface area contributed by atoms with E-state index < -0.39 is 29.0 Å². The molecule has 0 aromatic heterocycles. The molecule has 9 heteroatoms. The molecule has 0 atom stereocenters. The van der Waals surface area contributed by atoms with Gasteiger partial charge in [-0.05, 0) is 12.1 Å². The van der Waals surface area contributed by atoms with E-state index in [1.807, 2.05) is 0 Å². The molecular weight excluding hydrogens is 345 g/mol. The number of hydrogen-bond donors (Lipinski definition) is 4. The maximum Gasteiger partial charge on any atom is 0.336 e. The average molecular weight is 355 g/mol. The molecule has 8 nitrogen and oxygen atoms in total. The van der Waals surface area contributed by atoms with Crippen molar-refractivity contribution in [2.45, 2.75) is 0 Å². The molecule has 0 unspecified atom stereocenters. The van der Waals surface area contributed by atoms with Crippen molar-refractivity contribution in [1.82, 2.24) is 0 Å². The Balaban J connectivity index is 0. The summed E-state index contributed by atoms with van der Waals surface area (Å²) in [4.78, 5) is 31.6. The molecular formula is C9H10CdN2O6. The van der Waals surface area contributed by atoms with Gasteiger partial charge in [-0.1, -0.05) is 6.07 Å². The molecule has 0 aliphatic carbocycles. The predicted molar refractivity (Wildman–Crippen MR) is 51.8 cm³/mol. The first-order chi connectivity index (χ1) is 7.93. The summed E-state index contributed by atoms with van der Waals surface area (Å²) in [5, 5.41) is 27.7. The zero-order valence-electron chi connectivity index (χ0n) is 9.25. The summed E-state index contributed by atoms with van der Waals surface area (Å²) in [5.74, 6) is 2.49. The summed E-state index contributed by atoms with van der Waals surface area (Å²) < 4.78 is 0. The van der Waals surface area contributed by atoms with Crippen molar-refractivity contribution in [1.29, 1.82) is 0 Å². The van der Waals surface area contributed by atoms with Gasteiger partial charge in [-0.25, -0.2) is 9.59 Å². The molecule has 94 valence electrons. The summed E-state index contributed by atoms with van der Waals surface area (Å²) in [7, 11) is 0. The minimum Gasteiger partial charge on any atom is -0.545 e. The Hall–Kier alpha value is -1.53. The van der Waals surface area contributed by atoms with Gasteiger partial charge in [-0.15, -0.1) is 0 Å². The molecule has 0 heterocycles. The average Bonchev–Trinajstić information content (AvgIpc) is 2.30. The molecule has 1 aromatic carbocycles. The number of benzene rings is 1. The number of carboxylic acid groups (broad SMARTS) is 3. The Morgan fingerprint density at radius 3 is 1.89 bits per heavy atom. The molecule has 7 N–H and O–H groups in total. The smallest absolute Gasteiger partial charge is 0.336 e. The molecule has 0 spiro atoms. The summed E-state index contributed by atoms with van der Waals surface area (Å²) >= 11 is 0. The van der Waals surface area contributed by atoms with Crippen LogP contribution >= 0.6 is 0 Å². The number of nitrogens with two attached hydrogens (primary N) is 1. The van der Waals surface area contributed by atoms with E-state index in [0.717, 1.165) is 18.2 Å². The van der Waals surface area contributed by atoms with Gasteiger partial charge in [0, 0.05) is 32.9 Å². The topological polar surface area (TPSA) is 168 Å². The van der Waals surface area contributed by atoms with Gasteiger partial charge in [-0.2, -0.15) is 5.84 Å². The van der Waals surface area contributed by atoms with Gasteiger partial charge >= 0.3 is 11.9 Å². The van der Waals surface area contributed by atoms with Crippen LogP contribution in [0.2, 0.25) is 0 Å². The third-order valence-electron chi connectivity index (χ3n) is 1.72. The number of carbonyl (C=O) groups is 3. The zero-order chi connectivity index (χ0) is 13.6. The number of rotatable bonds is 3. The van der Waals surface area contributed by atoms with Crippen LogP contribution in [0.1, 0.15) is 31.1 Å². The number of hydrogen-bond acceptors (Lipinski definition) is 5. The quantitative estimate of drug-likeness (QED) is 0.265. The second-order valence-electron chi connectivity index (χ2n) is 2.66. The third-order valence-corrected chi connectivity index (χ3v) is 1.72. The molecule has 0 fully saturated rings. The molecule has 0 amide bonds. The van der Waals surface area contributed by atoms with Crippen LogP contribution in [0.3, 0.4) is 0 Å². The number of aromatic carboxylic acids is 3. The van der Waals surface area contributed by atoms with E-state index in [-0.39, 0.29) is 32.9 Å². The van der Waals surface area contributed by atoms with E-state index in [1.54, 1.807) is 0 Å². The maximum absolute atomic E-state index is 10.6. The summed E-state index contributed by atoms with van der Waals surface area (Å²) in [6.07, 6.45) is 0. The minimum absolute atomic E-state index is 0. The van der Waals surface area contributed by atoms with E-state index in [0.29, 0.717) is 0 Å². The number of carboxylic acids is 3. The second-order valence-corrected chi connectivity index (χ2v) is 2.66. The predicted octanol–water partition coefficient (Wildman–Crippen LogP) is -2.45. The second kappa shape index (κ2) is 8.55. The molecule has 0 aliphatic heterocycles. The Labute approximate surface area is 121 Å². The molecule has 0 bridgehead atoms. The van der Waals surface area contributed by atoms with Crippen molar-refractivity contribution in [3.8, 4) is 0 Å². The molecule has 1 aromatic rings. The van der Waals surface area contributed by atoms with E-state index in [9.17, 15) is 19.5 Å². The van der Waals surface area contributed by atoms with Crippen molar-refractivity contribution < 1.29 is 62.8 Å². The Morgan fingerprint density at radius 1 is 1.06 bits per heavy atom. The fourth-order valence-corrected chi connectivity index (χ4v) is 1.03. The van der Waals surface area contributed by atoms with E-state index in [1.165, 1.54) is 0 Å². The van der Waals surface area contributed by atoms with Gasteiger partial charge in [0.15, 0.2) is 0 Å². The van der Waals surface area contributed by atoms with Gasteiger partial charge in [0.25, 0.3) is 0 Å². The van der Waals surface area contributed by atoms with Gasteiger partial charge in [0.1, 0.15) is 0 Å². The Morgan fingerprint density at radius 2 is 1.56 bits per heavy atom. The van der Waals surface area contributed by atoms with E-state index in [2.05, 4.69) is 11.7 Å². The normalized spacial score (nSPS) is 8.33. The van der Waals surface area contributed by atoms with Gasteiger partial charge < -0.3 is 20.1 Å². The Kier molecular flexibility index (Phi) is 8.94. The fourth-order valence-electron chi connectivity index (χ4n) is 1.03. The molecule has 0 aliphatic rings. The third kappa shape index (κ3) is 4.77. The molecule has 18 heavy (non-hydrogen) atoms. The molecule has 0 saturated heterocycles. The molecule has 1 rings (SSSR count).